The van der Waals surface area contributed by atoms with E-state index in [4.69, 9.17) is 0 Å². The number of unbranched alkanes of at least 4 members (excludes halogenated alkanes) is 2. The molecule has 0 atom stereocenters. The van der Waals surface area contributed by atoms with E-state index in [0.717, 1.165) is 25.8 Å². The molecule has 0 spiro atoms. The van der Waals surface area contributed by atoms with Crippen LogP contribution in [0.2, 0.25) is 0 Å². The third-order valence-electron chi connectivity index (χ3n) is 2.40. The summed E-state index contributed by atoms with van der Waals surface area (Å²) in [5, 5.41) is 12.6. The lowest BCUT2D eigenvalue weighted by atomic mass is 10.1. The minimum atomic E-state index is -0.223. The van der Waals surface area contributed by atoms with Crippen LogP contribution in [0.5, 0.6) is 0 Å². The van der Waals surface area contributed by atoms with Gasteiger partial charge in [-0.15, -0.1) is 0 Å². The van der Waals surface area contributed by atoms with E-state index in [1.165, 1.54) is 19.3 Å². The Balaban J connectivity index is 1.81. The summed E-state index contributed by atoms with van der Waals surface area (Å²) in [4.78, 5) is 0. The summed E-state index contributed by atoms with van der Waals surface area (Å²) < 4.78 is 0. The van der Waals surface area contributed by atoms with Crippen molar-refractivity contribution in [3.8, 4) is 0 Å². The molecular formula is C9H19NO. The van der Waals surface area contributed by atoms with Crippen LogP contribution in [0.25, 0.3) is 0 Å². The second-order valence-electron chi connectivity index (χ2n) is 3.64. The smallest absolute Gasteiger partial charge is 0.0650 e. The lowest BCUT2D eigenvalue weighted by Gasteiger charge is -2.05. The van der Waals surface area contributed by atoms with Crippen molar-refractivity contribution >= 4 is 0 Å². The van der Waals surface area contributed by atoms with Gasteiger partial charge in [-0.05, 0) is 39.3 Å². The molecular weight excluding hydrogens is 138 g/mol. The van der Waals surface area contributed by atoms with Gasteiger partial charge in [-0.25, -0.2) is 0 Å². The van der Waals surface area contributed by atoms with Crippen molar-refractivity contribution in [2.24, 2.45) is 0 Å². The highest BCUT2D eigenvalue weighted by atomic mass is 16.3. The predicted octanol–water partition coefficient (Wildman–Crippen LogP) is 1.29. The molecule has 0 radical (unpaired) electrons. The first-order chi connectivity index (χ1) is 5.27. The number of nitrogens with one attached hydrogen (secondary N) is 1. The van der Waals surface area contributed by atoms with Gasteiger partial charge < -0.3 is 10.4 Å². The Kier molecular flexibility index (Phi) is 3.34. The van der Waals surface area contributed by atoms with Crippen molar-refractivity contribution < 1.29 is 5.11 Å². The van der Waals surface area contributed by atoms with Crippen molar-refractivity contribution in [3.63, 3.8) is 0 Å². The van der Waals surface area contributed by atoms with Gasteiger partial charge in [-0.2, -0.15) is 0 Å². The highest BCUT2D eigenvalue weighted by Gasteiger charge is 2.38. The molecule has 2 nitrogen and oxygen atoms in total. The Bertz CT molecular complexity index is 110. The molecule has 1 fully saturated rings. The second kappa shape index (κ2) is 4.07. The van der Waals surface area contributed by atoms with Crippen LogP contribution >= 0.6 is 0 Å². The van der Waals surface area contributed by atoms with Gasteiger partial charge in [0.15, 0.2) is 0 Å². The quantitative estimate of drug-likeness (QED) is 0.569. The molecule has 0 bridgehead atoms. The third-order valence-corrected chi connectivity index (χ3v) is 2.40. The van der Waals surface area contributed by atoms with Crippen molar-refractivity contribution in [1.29, 1.82) is 0 Å². The van der Waals surface area contributed by atoms with Gasteiger partial charge in [-0.3, -0.25) is 0 Å². The Morgan fingerprint density at radius 1 is 1.27 bits per heavy atom. The SMILES string of the molecule is CNCCCCCC1(O)CC1. The topological polar surface area (TPSA) is 32.3 Å². The fourth-order valence-electron chi connectivity index (χ4n) is 1.33. The standard InChI is InChI=1S/C9H19NO/c1-10-8-4-2-3-5-9(11)6-7-9/h10-11H,2-8H2,1H3. The Morgan fingerprint density at radius 2 is 2.00 bits per heavy atom. The van der Waals surface area contributed by atoms with Gasteiger partial charge in [0.25, 0.3) is 0 Å². The summed E-state index contributed by atoms with van der Waals surface area (Å²) in [5.41, 5.74) is -0.223. The van der Waals surface area contributed by atoms with Gasteiger partial charge in [0.1, 0.15) is 0 Å². The maximum absolute atomic E-state index is 9.47. The van der Waals surface area contributed by atoms with E-state index in [-0.39, 0.29) is 5.60 Å². The van der Waals surface area contributed by atoms with E-state index < -0.39 is 0 Å². The number of hydrogen-bond donors (Lipinski definition) is 2. The molecule has 0 aromatic rings. The molecule has 0 unspecified atom stereocenters. The molecule has 1 rings (SSSR count). The zero-order valence-corrected chi connectivity index (χ0v) is 7.40. The maximum atomic E-state index is 9.47. The number of aliphatic hydroxyl groups is 1. The van der Waals surface area contributed by atoms with Crippen LogP contribution in [0.3, 0.4) is 0 Å². The molecule has 0 amide bonds. The van der Waals surface area contributed by atoms with E-state index in [0.29, 0.717) is 0 Å². The largest absolute Gasteiger partial charge is 0.390 e. The highest BCUT2D eigenvalue weighted by molar-refractivity contribution is 4.92. The van der Waals surface area contributed by atoms with Gasteiger partial charge >= 0.3 is 0 Å². The van der Waals surface area contributed by atoms with Crippen LogP contribution in [-0.2, 0) is 0 Å². The van der Waals surface area contributed by atoms with Crippen LogP contribution in [0.4, 0.5) is 0 Å². The summed E-state index contributed by atoms with van der Waals surface area (Å²) in [6.45, 7) is 1.11. The zero-order valence-electron chi connectivity index (χ0n) is 7.40. The lowest BCUT2D eigenvalue weighted by Crippen LogP contribution is -2.09. The Hall–Kier alpha value is -0.0800. The fraction of sp³-hybridized carbons (Fsp3) is 1.00. The summed E-state index contributed by atoms with van der Waals surface area (Å²) in [6, 6.07) is 0. The average molecular weight is 157 g/mol. The monoisotopic (exact) mass is 157 g/mol. The van der Waals surface area contributed by atoms with Crippen molar-refractivity contribution in [1.82, 2.24) is 5.32 Å². The van der Waals surface area contributed by atoms with Crippen LogP contribution in [0.15, 0.2) is 0 Å². The molecule has 0 heterocycles. The van der Waals surface area contributed by atoms with Crippen molar-refractivity contribution in [2.45, 2.75) is 44.1 Å². The van der Waals surface area contributed by atoms with Gasteiger partial charge in [0.2, 0.25) is 0 Å². The summed E-state index contributed by atoms with van der Waals surface area (Å²) in [5.74, 6) is 0. The molecule has 66 valence electrons. The maximum Gasteiger partial charge on any atom is 0.0650 e. The van der Waals surface area contributed by atoms with Crippen LogP contribution in [0, 0.1) is 0 Å². The second-order valence-corrected chi connectivity index (χ2v) is 3.64. The minimum Gasteiger partial charge on any atom is -0.390 e. The Morgan fingerprint density at radius 3 is 2.55 bits per heavy atom. The van der Waals surface area contributed by atoms with Crippen LogP contribution < -0.4 is 5.32 Å². The number of hydrogen-bond acceptors (Lipinski definition) is 2. The zero-order chi connectivity index (χ0) is 8.16. The molecule has 0 aromatic heterocycles. The third kappa shape index (κ3) is 3.73. The van der Waals surface area contributed by atoms with E-state index in [1.807, 2.05) is 7.05 Å². The summed E-state index contributed by atoms with van der Waals surface area (Å²) >= 11 is 0. The fourth-order valence-corrected chi connectivity index (χ4v) is 1.33. The molecule has 1 aliphatic carbocycles. The first kappa shape index (κ1) is 9.01. The minimum absolute atomic E-state index is 0.223. The van der Waals surface area contributed by atoms with Crippen LogP contribution in [0.1, 0.15) is 38.5 Å². The van der Waals surface area contributed by atoms with Gasteiger partial charge in [-0.1, -0.05) is 12.8 Å². The molecule has 1 aliphatic rings. The lowest BCUT2D eigenvalue weighted by molar-refractivity contribution is 0.136. The van der Waals surface area contributed by atoms with Gasteiger partial charge in [0.05, 0.1) is 5.60 Å². The van der Waals surface area contributed by atoms with E-state index in [1.54, 1.807) is 0 Å². The molecule has 0 saturated heterocycles. The van der Waals surface area contributed by atoms with Crippen molar-refractivity contribution in [3.05, 3.63) is 0 Å². The van der Waals surface area contributed by atoms with E-state index >= 15 is 0 Å². The predicted molar refractivity (Wildman–Crippen MR) is 46.6 cm³/mol. The van der Waals surface area contributed by atoms with Gasteiger partial charge in [0, 0.05) is 0 Å². The number of rotatable bonds is 6. The molecule has 2 heteroatoms. The molecule has 0 aromatic carbocycles. The average Bonchev–Trinajstić information content (AvgIpc) is 2.69. The summed E-state index contributed by atoms with van der Waals surface area (Å²) in [6.07, 6.45) is 6.79. The van der Waals surface area contributed by atoms with E-state index in [9.17, 15) is 5.11 Å². The Labute approximate surface area is 69.0 Å². The van der Waals surface area contributed by atoms with E-state index in [2.05, 4.69) is 5.32 Å². The summed E-state index contributed by atoms with van der Waals surface area (Å²) in [7, 11) is 1.98. The van der Waals surface area contributed by atoms with Crippen LogP contribution in [-0.4, -0.2) is 24.3 Å². The molecule has 11 heavy (non-hydrogen) atoms. The molecule has 1 saturated carbocycles. The molecule has 2 N–H and O–H groups in total. The molecule has 0 aliphatic heterocycles. The first-order valence-electron chi connectivity index (χ1n) is 4.64. The normalized spacial score (nSPS) is 20.2. The van der Waals surface area contributed by atoms with Crippen molar-refractivity contribution in [2.75, 3.05) is 13.6 Å². The first-order valence-corrected chi connectivity index (χ1v) is 4.64. The highest BCUT2D eigenvalue weighted by Crippen LogP contribution is 2.39.